The van der Waals surface area contributed by atoms with Crippen molar-refractivity contribution in [1.82, 2.24) is 9.80 Å². The van der Waals surface area contributed by atoms with Gasteiger partial charge in [0.15, 0.2) is 0 Å². The predicted octanol–water partition coefficient (Wildman–Crippen LogP) is 3.12. The van der Waals surface area contributed by atoms with Crippen LogP contribution in [-0.4, -0.2) is 72.8 Å². The molecule has 1 aliphatic carbocycles. The highest BCUT2D eigenvalue weighted by Gasteiger charge is 2.50. The zero-order valence-electron chi connectivity index (χ0n) is 18.5. The summed E-state index contributed by atoms with van der Waals surface area (Å²) in [6, 6.07) is 8.14. The Morgan fingerprint density at radius 3 is 2.50 bits per heavy atom. The lowest BCUT2D eigenvalue weighted by atomic mass is 9.68. The van der Waals surface area contributed by atoms with Gasteiger partial charge in [-0.05, 0) is 70.0 Å². The molecule has 30 heavy (non-hydrogen) atoms. The lowest BCUT2D eigenvalue weighted by molar-refractivity contribution is -0.145. The lowest BCUT2D eigenvalue weighted by Crippen LogP contribution is -2.65. The molecule has 3 fully saturated rings. The number of ether oxygens (including phenoxy) is 1. The topological polar surface area (TPSA) is 65.0 Å². The first-order valence-electron chi connectivity index (χ1n) is 11.5. The summed E-state index contributed by atoms with van der Waals surface area (Å²) in [5.74, 6) is 1.06. The summed E-state index contributed by atoms with van der Waals surface area (Å²) in [6.07, 6.45) is 8.18. The van der Waals surface area contributed by atoms with Gasteiger partial charge in [-0.2, -0.15) is 0 Å². The number of methoxy groups -OCH3 is 1. The number of nitrogens with zero attached hydrogens (tertiary/aromatic N) is 2. The molecular weight excluding hydrogens is 378 g/mol. The number of piperidine rings is 2. The van der Waals surface area contributed by atoms with Crippen LogP contribution in [0.15, 0.2) is 24.3 Å². The number of fused-ring (bicyclic) bond motifs is 1. The van der Waals surface area contributed by atoms with Crippen LogP contribution in [0, 0.1) is 5.41 Å². The monoisotopic (exact) mass is 415 g/mol. The zero-order chi connectivity index (χ0) is 21.2. The third-order valence-electron chi connectivity index (χ3n) is 7.89. The summed E-state index contributed by atoms with van der Waals surface area (Å²) in [5.41, 5.74) is 0.397. The van der Waals surface area contributed by atoms with Crippen molar-refractivity contribution in [1.29, 1.82) is 0 Å². The molecule has 1 aromatic carbocycles. The summed E-state index contributed by atoms with van der Waals surface area (Å²) in [5, 5.41) is 13.8. The van der Waals surface area contributed by atoms with Gasteiger partial charge in [0.2, 0.25) is 5.91 Å². The van der Waals surface area contributed by atoms with Crippen molar-refractivity contribution in [2.75, 3.05) is 45.7 Å². The number of rotatable bonds is 5. The number of aliphatic hydroxyl groups excluding tert-OH is 1. The fourth-order valence-corrected chi connectivity index (χ4v) is 6.00. The summed E-state index contributed by atoms with van der Waals surface area (Å²) in [4.78, 5) is 18.4. The van der Waals surface area contributed by atoms with Crippen molar-refractivity contribution < 1.29 is 14.6 Å². The second-order valence-electron chi connectivity index (χ2n) is 9.62. The van der Waals surface area contributed by atoms with Crippen LogP contribution in [0.2, 0.25) is 0 Å². The second kappa shape index (κ2) is 8.75. The number of carbonyl (C=O) groups is 1. The van der Waals surface area contributed by atoms with Gasteiger partial charge in [0, 0.05) is 30.2 Å². The molecule has 166 valence electrons. The van der Waals surface area contributed by atoms with Crippen LogP contribution in [0.5, 0.6) is 5.75 Å². The van der Waals surface area contributed by atoms with E-state index in [1.54, 1.807) is 7.11 Å². The van der Waals surface area contributed by atoms with Gasteiger partial charge < -0.3 is 25.0 Å². The largest absolute Gasteiger partial charge is 0.497 e. The highest BCUT2D eigenvalue weighted by Crippen LogP contribution is 2.43. The second-order valence-corrected chi connectivity index (χ2v) is 9.62. The molecule has 0 unspecified atom stereocenters. The quantitative estimate of drug-likeness (QED) is 0.774. The highest BCUT2D eigenvalue weighted by molar-refractivity contribution is 5.90. The van der Waals surface area contributed by atoms with Crippen LogP contribution in [0.3, 0.4) is 0 Å². The van der Waals surface area contributed by atoms with E-state index in [1.165, 1.54) is 6.42 Å². The Kier molecular flexibility index (Phi) is 6.26. The van der Waals surface area contributed by atoms with Crippen LogP contribution >= 0.6 is 0 Å². The van der Waals surface area contributed by atoms with E-state index in [4.69, 9.17) is 4.74 Å². The van der Waals surface area contributed by atoms with E-state index in [9.17, 15) is 9.90 Å². The molecule has 6 heteroatoms. The number of likely N-dealkylation sites (N-methyl/N-ethyl adjacent to an activating group) is 1. The minimum absolute atomic E-state index is 0.0487. The van der Waals surface area contributed by atoms with Gasteiger partial charge in [-0.25, -0.2) is 0 Å². The van der Waals surface area contributed by atoms with Gasteiger partial charge in [0.05, 0.1) is 13.7 Å². The van der Waals surface area contributed by atoms with E-state index in [-0.39, 0.29) is 24.0 Å². The molecule has 1 amide bonds. The maximum atomic E-state index is 13.9. The third kappa shape index (κ3) is 3.92. The maximum Gasteiger partial charge on any atom is 0.248 e. The third-order valence-corrected chi connectivity index (χ3v) is 7.89. The Balaban J connectivity index is 1.54. The van der Waals surface area contributed by atoms with Gasteiger partial charge in [0.25, 0.3) is 0 Å². The molecule has 6 nitrogen and oxygen atoms in total. The van der Waals surface area contributed by atoms with Crippen molar-refractivity contribution in [3.63, 3.8) is 0 Å². The average molecular weight is 416 g/mol. The molecule has 0 spiro atoms. The zero-order valence-corrected chi connectivity index (χ0v) is 18.5. The molecule has 4 rings (SSSR count). The summed E-state index contributed by atoms with van der Waals surface area (Å²) < 4.78 is 5.28. The van der Waals surface area contributed by atoms with Gasteiger partial charge >= 0.3 is 0 Å². The number of hydrogen-bond acceptors (Lipinski definition) is 5. The Labute approximate surface area is 180 Å². The molecule has 2 N–H and O–H groups in total. The number of nitrogens with one attached hydrogen (secondary N) is 1. The molecule has 0 aromatic heterocycles. The van der Waals surface area contributed by atoms with E-state index in [2.05, 4.69) is 22.2 Å². The molecule has 2 aliphatic heterocycles. The van der Waals surface area contributed by atoms with E-state index < -0.39 is 5.54 Å². The molecular formula is C24H37N3O3. The summed E-state index contributed by atoms with van der Waals surface area (Å²) in [7, 11) is 3.81. The number of benzene rings is 1. The van der Waals surface area contributed by atoms with Crippen molar-refractivity contribution in [3.8, 4) is 5.75 Å². The van der Waals surface area contributed by atoms with Crippen molar-refractivity contribution in [2.24, 2.45) is 5.41 Å². The molecule has 2 atom stereocenters. The fraction of sp³-hybridized carbons (Fsp3) is 0.708. The molecule has 0 radical (unpaired) electrons. The first-order chi connectivity index (χ1) is 14.5. The number of amides is 1. The SMILES string of the molecule is COc1ccc(NC2(C(=O)N3CC[C@@]4(CO)CCCN(C)[C@@H]4C3)CCCCC2)cc1. The van der Waals surface area contributed by atoms with E-state index in [0.29, 0.717) is 0 Å². The fourth-order valence-electron chi connectivity index (χ4n) is 6.00. The van der Waals surface area contributed by atoms with E-state index in [0.717, 1.165) is 76.0 Å². The normalized spacial score (nSPS) is 29.2. The van der Waals surface area contributed by atoms with Crippen LogP contribution in [0.25, 0.3) is 0 Å². The van der Waals surface area contributed by atoms with Crippen molar-refractivity contribution in [3.05, 3.63) is 24.3 Å². The summed E-state index contributed by atoms with van der Waals surface area (Å²) >= 11 is 0. The van der Waals surface area contributed by atoms with Gasteiger partial charge in [0.1, 0.15) is 11.3 Å². The first-order valence-corrected chi connectivity index (χ1v) is 11.5. The van der Waals surface area contributed by atoms with Crippen LogP contribution < -0.4 is 10.1 Å². The van der Waals surface area contributed by atoms with Gasteiger partial charge in [-0.3, -0.25) is 4.79 Å². The van der Waals surface area contributed by atoms with Crippen molar-refractivity contribution >= 4 is 11.6 Å². The minimum atomic E-state index is -0.528. The Hall–Kier alpha value is -1.79. The predicted molar refractivity (Wildman–Crippen MR) is 119 cm³/mol. The van der Waals surface area contributed by atoms with E-state index >= 15 is 0 Å². The lowest BCUT2D eigenvalue weighted by Gasteiger charge is -2.54. The molecule has 1 aromatic rings. The maximum absolute atomic E-state index is 13.9. The smallest absolute Gasteiger partial charge is 0.248 e. The molecule has 3 aliphatic rings. The standard InChI is InChI=1S/C24H37N3O3/c1-26-15-6-11-23(18-28)14-16-27(17-21(23)26)22(29)24(12-4-3-5-13-24)25-19-7-9-20(30-2)10-8-19/h7-10,21,25,28H,3-6,11-18H2,1-2H3/t21-,23-/m1/s1. The number of carbonyl (C=O) groups excluding carboxylic acids is 1. The number of aliphatic hydroxyl groups is 1. The van der Waals surface area contributed by atoms with Crippen LogP contribution in [0.4, 0.5) is 5.69 Å². The highest BCUT2D eigenvalue weighted by atomic mass is 16.5. The summed E-state index contributed by atoms with van der Waals surface area (Å²) in [6.45, 7) is 2.74. The number of likely N-dealkylation sites (tertiary alicyclic amines) is 2. The van der Waals surface area contributed by atoms with E-state index in [1.807, 2.05) is 24.3 Å². The minimum Gasteiger partial charge on any atom is -0.497 e. The van der Waals surface area contributed by atoms with Crippen molar-refractivity contribution in [2.45, 2.75) is 62.9 Å². The Morgan fingerprint density at radius 2 is 1.83 bits per heavy atom. The number of anilines is 1. The van der Waals surface area contributed by atoms with Gasteiger partial charge in [-0.1, -0.05) is 19.3 Å². The molecule has 1 saturated carbocycles. The Bertz CT molecular complexity index is 732. The molecule has 0 bridgehead atoms. The van der Waals surface area contributed by atoms with Crippen LogP contribution in [-0.2, 0) is 4.79 Å². The Morgan fingerprint density at radius 1 is 1.10 bits per heavy atom. The van der Waals surface area contributed by atoms with Crippen LogP contribution in [0.1, 0.15) is 51.4 Å². The average Bonchev–Trinajstić information content (AvgIpc) is 2.79. The number of hydrogen-bond donors (Lipinski definition) is 2. The molecule has 2 saturated heterocycles. The molecule has 2 heterocycles. The first kappa shape index (κ1) is 21.4. The van der Waals surface area contributed by atoms with Gasteiger partial charge in [-0.15, -0.1) is 0 Å².